The molecule has 1 atom stereocenters. The molecule has 1 amide bonds. The molecule has 1 fully saturated rings. The van der Waals surface area contributed by atoms with Crippen LogP contribution in [0.3, 0.4) is 0 Å². The minimum absolute atomic E-state index is 0.00556. The molecule has 0 spiro atoms. The van der Waals surface area contributed by atoms with Crippen molar-refractivity contribution in [2.45, 2.75) is 11.7 Å². The third-order valence-electron chi connectivity index (χ3n) is 2.18. The molecule has 3 nitrogen and oxygen atoms in total. The van der Waals surface area contributed by atoms with Gasteiger partial charge in [-0.3, -0.25) is 9.69 Å². The molecule has 2 heterocycles. The van der Waals surface area contributed by atoms with E-state index < -0.39 is 5.82 Å². The molecule has 0 saturated carbocycles. The van der Waals surface area contributed by atoms with Gasteiger partial charge in [0, 0.05) is 30.5 Å². The van der Waals surface area contributed by atoms with E-state index in [1.807, 2.05) is 0 Å². The van der Waals surface area contributed by atoms with Crippen molar-refractivity contribution in [2.24, 2.45) is 0 Å². The predicted octanol–water partition coefficient (Wildman–Crippen LogP) is 2.02. The van der Waals surface area contributed by atoms with E-state index in [4.69, 9.17) is 0 Å². The molecule has 1 aromatic heterocycles. The first-order valence-corrected chi connectivity index (χ1v) is 5.68. The highest BCUT2D eigenvalue weighted by molar-refractivity contribution is 9.10. The van der Waals surface area contributed by atoms with Crippen LogP contribution >= 0.6 is 28.6 Å². The van der Waals surface area contributed by atoms with Gasteiger partial charge in [-0.2, -0.15) is 12.6 Å². The van der Waals surface area contributed by atoms with Gasteiger partial charge in [0.05, 0.1) is 4.47 Å². The molecule has 0 N–H and O–H groups in total. The Balaban J connectivity index is 2.30. The molecular formula is C9H8BrFN2OS. The second-order valence-corrected chi connectivity index (χ2v) is 4.90. The highest BCUT2D eigenvalue weighted by Gasteiger charge is 2.29. The zero-order chi connectivity index (χ0) is 11.0. The molecule has 0 radical (unpaired) electrons. The quantitative estimate of drug-likeness (QED) is 0.803. The minimum Gasteiger partial charge on any atom is -0.296 e. The van der Waals surface area contributed by atoms with E-state index in [2.05, 4.69) is 33.5 Å². The third-order valence-corrected chi connectivity index (χ3v) is 3.10. The first-order valence-electron chi connectivity index (χ1n) is 4.37. The second-order valence-electron chi connectivity index (χ2n) is 3.32. The summed E-state index contributed by atoms with van der Waals surface area (Å²) in [4.78, 5) is 16.9. The van der Waals surface area contributed by atoms with Crippen LogP contribution in [-0.2, 0) is 4.79 Å². The zero-order valence-electron chi connectivity index (χ0n) is 7.65. The Morgan fingerprint density at radius 2 is 2.40 bits per heavy atom. The molecule has 0 aromatic carbocycles. The number of rotatable bonds is 1. The number of anilines is 1. The molecule has 15 heavy (non-hydrogen) atoms. The van der Waals surface area contributed by atoms with E-state index in [9.17, 15) is 9.18 Å². The Morgan fingerprint density at radius 3 is 2.93 bits per heavy atom. The van der Waals surface area contributed by atoms with Gasteiger partial charge in [0.2, 0.25) is 5.91 Å². The summed E-state index contributed by atoms with van der Waals surface area (Å²) in [5.41, 5.74) is 0. The number of hydrogen-bond acceptors (Lipinski definition) is 3. The van der Waals surface area contributed by atoms with Gasteiger partial charge < -0.3 is 0 Å². The van der Waals surface area contributed by atoms with Crippen molar-refractivity contribution in [1.82, 2.24) is 4.98 Å². The van der Waals surface area contributed by atoms with Crippen molar-refractivity contribution in [1.29, 1.82) is 0 Å². The monoisotopic (exact) mass is 290 g/mol. The van der Waals surface area contributed by atoms with Crippen LogP contribution in [-0.4, -0.2) is 22.7 Å². The van der Waals surface area contributed by atoms with E-state index in [0.29, 0.717) is 23.3 Å². The van der Waals surface area contributed by atoms with Gasteiger partial charge in [-0.15, -0.1) is 0 Å². The van der Waals surface area contributed by atoms with E-state index in [1.54, 1.807) is 0 Å². The van der Waals surface area contributed by atoms with Crippen molar-refractivity contribution >= 4 is 40.3 Å². The zero-order valence-corrected chi connectivity index (χ0v) is 10.1. The summed E-state index contributed by atoms with van der Waals surface area (Å²) in [7, 11) is 0. The molecule has 6 heteroatoms. The molecule has 1 unspecified atom stereocenters. The van der Waals surface area contributed by atoms with Gasteiger partial charge in [0.15, 0.2) is 0 Å². The van der Waals surface area contributed by atoms with E-state index in [0.717, 1.165) is 0 Å². The summed E-state index contributed by atoms with van der Waals surface area (Å²) in [6.45, 7) is 0.482. The predicted molar refractivity (Wildman–Crippen MR) is 61.6 cm³/mol. The van der Waals surface area contributed by atoms with Crippen LogP contribution in [0.4, 0.5) is 10.2 Å². The van der Waals surface area contributed by atoms with Gasteiger partial charge in [-0.05, 0) is 15.9 Å². The molecule has 1 aromatic rings. The lowest BCUT2D eigenvalue weighted by molar-refractivity contribution is -0.117. The number of carbonyl (C=O) groups excluding carboxylic acids is 1. The Kier molecular flexibility index (Phi) is 2.97. The number of aromatic nitrogens is 1. The fourth-order valence-electron chi connectivity index (χ4n) is 1.46. The van der Waals surface area contributed by atoms with Crippen LogP contribution in [0.2, 0.25) is 0 Å². The van der Waals surface area contributed by atoms with Crippen LogP contribution in [0, 0.1) is 5.82 Å². The fourth-order valence-corrected chi connectivity index (χ4v) is 2.00. The first kappa shape index (κ1) is 10.9. The number of pyridine rings is 1. The van der Waals surface area contributed by atoms with Gasteiger partial charge in [-0.1, -0.05) is 0 Å². The lowest BCUT2D eigenvalue weighted by atomic mass is 10.4. The standard InChI is InChI=1S/C9H8BrFN2OS/c10-6-3-12-8(2-7(6)11)13-4-5(15)1-9(13)14/h2-3,5,15H,1,4H2. The maximum absolute atomic E-state index is 13.2. The summed E-state index contributed by atoms with van der Waals surface area (Å²) in [5, 5.41) is 0.00556. The molecule has 1 aliphatic heterocycles. The molecule has 1 saturated heterocycles. The number of amides is 1. The highest BCUT2D eigenvalue weighted by atomic mass is 79.9. The SMILES string of the molecule is O=C1CC(S)CN1c1cc(F)c(Br)cn1. The number of nitrogens with zero attached hydrogens (tertiary/aromatic N) is 2. The molecule has 2 rings (SSSR count). The van der Waals surface area contributed by atoms with Crippen LogP contribution < -0.4 is 4.90 Å². The minimum atomic E-state index is -0.421. The Bertz CT molecular complexity index is 415. The molecule has 0 bridgehead atoms. The molecule has 80 valence electrons. The van der Waals surface area contributed by atoms with Crippen molar-refractivity contribution in [3.63, 3.8) is 0 Å². The van der Waals surface area contributed by atoms with Crippen LogP contribution in [0.15, 0.2) is 16.7 Å². The van der Waals surface area contributed by atoms with Gasteiger partial charge in [-0.25, -0.2) is 9.37 Å². The van der Waals surface area contributed by atoms with Crippen molar-refractivity contribution in [3.05, 3.63) is 22.6 Å². The number of carbonyl (C=O) groups is 1. The topological polar surface area (TPSA) is 33.2 Å². The van der Waals surface area contributed by atoms with Crippen LogP contribution in [0.5, 0.6) is 0 Å². The Hall–Kier alpha value is -0.620. The summed E-state index contributed by atoms with van der Waals surface area (Å²) >= 11 is 7.22. The third kappa shape index (κ3) is 2.15. The molecule has 0 aliphatic carbocycles. The Labute approximate surface area is 100 Å². The van der Waals surface area contributed by atoms with Gasteiger partial charge in [0.1, 0.15) is 11.6 Å². The summed E-state index contributed by atoms with van der Waals surface area (Å²) < 4.78 is 13.5. The number of thiol groups is 1. The number of halogens is 2. The molecule has 1 aliphatic rings. The molecular weight excluding hydrogens is 283 g/mol. The first-order chi connectivity index (χ1) is 7.08. The second kappa shape index (κ2) is 4.09. The highest BCUT2D eigenvalue weighted by Crippen LogP contribution is 2.24. The van der Waals surface area contributed by atoms with Crippen molar-refractivity contribution < 1.29 is 9.18 Å². The van der Waals surface area contributed by atoms with E-state index in [-0.39, 0.29) is 11.2 Å². The summed E-state index contributed by atoms with van der Waals surface area (Å²) in [5.74, 6) is -0.142. The van der Waals surface area contributed by atoms with Crippen molar-refractivity contribution in [2.75, 3.05) is 11.4 Å². The van der Waals surface area contributed by atoms with E-state index in [1.165, 1.54) is 17.2 Å². The summed E-state index contributed by atoms with van der Waals surface area (Å²) in [6, 6.07) is 1.24. The maximum atomic E-state index is 13.2. The smallest absolute Gasteiger partial charge is 0.229 e. The largest absolute Gasteiger partial charge is 0.296 e. The fraction of sp³-hybridized carbons (Fsp3) is 0.333. The van der Waals surface area contributed by atoms with Crippen LogP contribution in [0.1, 0.15) is 6.42 Å². The van der Waals surface area contributed by atoms with Gasteiger partial charge >= 0.3 is 0 Å². The van der Waals surface area contributed by atoms with E-state index >= 15 is 0 Å². The lowest BCUT2D eigenvalue weighted by Gasteiger charge is -2.14. The average molecular weight is 291 g/mol. The number of hydrogen-bond donors (Lipinski definition) is 1. The van der Waals surface area contributed by atoms with Crippen LogP contribution in [0.25, 0.3) is 0 Å². The van der Waals surface area contributed by atoms with Gasteiger partial charge in [0.25, 0.3) is 0 Å². The summed E-state index contributed by atoms with van der Waals surface area (Å²) in [6.07, 6.45) is 1.73. The lowest BCUT2D eigenvalue weighted by Crippen LogP contribution is -2.25. The van der Waals surface area contributed by atoms with Crippen molar-refractivity contribution in [3.8, 4) is 0 Å². The normalized spacial score (nSPS) is 21.1. The average Bonchev–Trinajstić information content (AvgIpc) is 2.50. The maximum Gasteiger partial charge on any atom is 0.229 e. The Morgan fingerprint density at radius 1 is 1.67 bits per heavy atom.